The first-order valence-corrected chi connectivity index (χ1v) is 8.36. The minimum atomic E-state index is -0.770. The van der Waals surface area contributed by atoms with Crippen LogP contribution < -0.4 is 0 Å². The van der Waals surface area contributed by atoms with Crippen LogP contribution in [0.4, 0.5) is 0 Å². The quantitative estimate of drug-likeness (QED) is 0.603. The van der Waals surface area contributed by atoms with Crippen molar-refractivity contribution >= 4 is 23.7 Å². The number of rotatable bonds is 4. The molecular formula is C18H20N2O5. The van der Waals surface area contributed by atoms with Gasteiger partial charge in [0.1, 0.15) is 6.54 Å². The first kappa shape index (κ1) is 17.1. The highest BCUT2D eigenvalue weighted by Gasteiger charge is 2.36. The van der Waals surface area contributed by atoms with E-state index in [1.54, 1.807) is 29.2 Å². The molecule has 1 atom stereocenters. The van der Waals surface area contributed by atoms with Crippen LogP contribution >= 0.6 is 0 Å². The van der Waals surface area contributed by atoms with Gasteiger partial charge in [-0.15, -0.1) is 0 Å². The van der Waals surface area contributed by atoms with Crippen molar-refractivity contribution < 1.29 is 23.9 Å². The molecule has 0 aromatic heterocycles. The molecule has 0 saturated carbocycles. The number of fused-ring (bicyclic) bond motifs is 1. The lowest BCUT2D eigenvalue weighted by molar-refractivity contribution is -0.152. The predicted octanol–water partition coefficient (Wildman–Crippen LogP) is 1.08. The number of nitrogens with zero attached hydrogens (tertiary/aromatic N) is 2. The second-order valence-electron chi connectivity index (χ2n) is 6.49. The van der Waals surface area contributed by atoms with Crippen LogP contribution in [0.3, 0.4) is 0 Å². The van der Waals surface area contributed by atoms with E-state index < -0.39 is 24.3 Å². The fourth-order valence-electron chi connectivity index (χ4n) is 3.21. The van der Waals surface area contributed by atoms with Crippen LogP contribution in [0.5, 0.6) is 0 Å². The molecule has 1 aromatic carbocycles. The van der Waals surface area contributed by atoms with E-state index in [-0.39, 0.29) is 23.6 Å². The van der Waals surface area contributed by atoms with Crippen molar-refractivity contribution in [3.63, 3.8) is 0 Å². The highest BCUT2D eigenvalue weighted by Crippen LogP contribution is 2.22. The number of carbonyl (C=O) groups is 4. The van der Waals surface area contributed by atoms with Crippen LogP contribution in [-0.4, -0.2) is 59.7 Å². The molecule has 3 rings (SSSR count). The monoisotopic (exact) mass is 344 g/mol. The third-order valence-electron chi connectivity index (χ3n) is 4.53. The Balaban J connectivity index is 1.53. The van der Waals surface area contributed by atoms with Crippen molar-refractivity contribution in [3.05, 3.63) is 35.4 Å². The van der Waals surface area contributed by atoms with Crippen molar-refractivity contribution in [1.29, 1.82) is 0 Å². The lowest BCUT2D eigenvalue weighted by atomic mass is 10.0. The third-order valence-corrected chi connectivity index (χ3v) is 4.53. The summed E-state index contributed by atoms with van der Waals surface area (Å²) in [5.74, 6) is -1.62. The Hall–Kier alpha value is -2.70. The van der Waals surface area contributed by atoms with E-state index in [1.807, 2.05) is 0 Å². The van der Waals surface area contributed by atoms with Gasteiger partial charge in [-0.25, -0.2) is 0 Å². The Kier molecular flexibility index (Phi) is 4.83. The normalized spacial score (nSPS) is 19.8. The first-order chi connectivity index (χ1) is 12.0. The maximum Gasteiger partial charge on any atom is 0.326 e. The largest absolute Gasteiger partial charge is 0.454 e. The zero-order valence-electron chi connectivity index (χ0n) is 14.1. The summed E-state index contributed by atoms with van der Waals surface area (Å²) >= 11 is 0. The van der Waals surface area contributed by atoms with E-state index in [2.05, 4.69) is 6.92 Å². The van der Waals surface area contributed by atoms with Crippen molar-refractivity contribution in [1.82, 2.24) is 9.80 Å². The van der Waals surface area contributed by atoms with Crippen LogP contribution in [0.25, 0.3) is 0 Å². The van der Waals surface area contributed by atoms with Crippen LogP contribution in [0.1, 0.15) is 40.5 Å². The van der Waals surface area contributed by atoms with E-state index in [4.69, 9.17) is 4.74 Å². The standard InChI is InChI=1S/C18H20N2O5/c1-12-5-4-8-19(9-12)15(21)11-25-16(22)10-20-17(23)13-6-2-3-7-14(13)18(20)24/h2-3,6-7,12H,4-5,8-11H2,1H3/t12-/m0/s1. The summed E-state index contributed by atoms with van der Waals surface area (Å²) in [5.41, 5.74) is 0.553. The van der Waals surface area contributed by atoms with Crippen molar-refractivity contribution in [2.24, 2.45) is 5.92 Å². The first-order valence-electron chi connectivity index (χ1n) is 8.36. The highest BCUT2D eigenvalue weighted by atomic mass is 16.5. The number of hydrogen-bond donors (Lipinski definition) is 0. The molecule has 7 nitrogen and oxygen atoms in total. The number of likely N-dealkylation sites (tertiary alicyclic amines) is 1. The Labute approximate surface area is 145 Å². The van der Waals surface area contributed by atoms with E-state index >= 15 is 0 Å². The van der Waals surface area contributed by atoms with Gasteiger partial charge in [0.2, 0.25) is 0 Å². The molecule has 25 heavy (non-hydrogen) atoms. The van der Waals surface area contributed by atoms with E-state index in [1.165, 1.54) is 0 Å². The van der Waals surface area contributed by atoms with Gasteiger partial charge in [0.15, 0.2) is 6.61 Å². The number of carbonyl (C=O) groups excluding carboxylic acids is 4. The summed E-state index contributed by atoms with van der Waals surface area (Å²) in [4.78, 5) is 51.0. The lowest BCUT2D eigenvalue weighted by Crippen LogP contribution is -2.42. The van der Waals surface area contributed by atoms with Gasteiger partial charge in [-0.1, -0.05) is 19.1 Å². The molecular weight excluding hydrogens is 324 g/mol. The fraction of sp³-hybridized carbons (Fsp3) is 0.444. The Bertz CT molecular complexity index is 695. The topological polar surface area (TPSA) is 84.0 Å². The average Bonchev–Trinajstić information content (AvgIpc) is 2.85. The molecule has 2 aliphatic rings. The molecule has 0 aliphatic carbocycles. The average molecular weight is 344 g/mol. The summed E-state index contributed by atoms with van der Waals surface area (Å²) in [6, 6.07) is 6.40. The Morgan fingerprint density at radius 1 is 1.16 bits per heavy atom. The number of esters is 1. The Morgan fingerprint density at radius 2 is 1.80 bits per heavy atom. The Morgan fingerprint density at radius 3 is 2.40 bits per heavy atom. The van der Waals surface area contributed by atoms with Crippen LogP contribution in [0, 0.1) is 5.92 Å². The van der Waals surface area contributed by atoms with Crippen LogP contribution in [0.15, 0.2) is 24.3 Å². The zero-order valence-corrected chi connectivity index (χ0v) is 14.1. The number of benzene rings is 1. The molecule has 3 amide bonds. The summed E-state index contributed by atoms with van der Waals surface area (Å²) in [6.07, 6.45) is 2.03. The number of amides is 3. The molecule has 1 aromatic rings. The molecule has 0 N–H and O–H groups in total. The second kappa shape index (κ2) is 7.04. The molecule has 7 heteroatoms. The second-order valence-corrected chi connectivity index (χ2v) is 6.49. The molecule has 2 heterocycles. The number of piperidine rings is 1. The molecule has 1 fully saturated rings. The maximum atomic E-state index is 12.2. The van der Waals surface area contributed by atoms with E-state index in [0.29, 0.717) is 19.0 Å². The van der Waals surface area contributed by atoms with Gasteiger partial charge in [0, 0.05) is 13.1 Å². The minimum Gasteiger partial charge on any atom is -0.454 e. The van der Waals surface area contributed by atoms with Gasteiger partial charge in [-0.05, 0) is 30.9 Å². The van der Waals surface area contributed by atoms with E-state index in [0.717, 1.165) is 17.7 Å². The zero-order chi connectivity index (χ0) is 18.0. The van der Waals surface area contributed by atoms with Gasteiger partial charge in [-0.3, -0.25) is 24.1 Å². The van der Waals surface area contributed by atoms with Gasteiger partial charge >= 0.3 is 5.97 Å². The maximum absolute atomic E-state index is 12.2. The minimum absolute atomic E-state index is 0.248. The summed E-state index contributed by atoms with van der Waals surface area (Å²) in [5, 5.41) is 0. The summed E-state index contributed by atoms with van der Waals surface area (Å²) in [7, 11) is 0. The van der Waals surface area contributed by atoms with Gasteiger partial charge in [0.05, 0.1) is 11.1 Å². The van der Waals surface area contributed by atoms with Gasteiger partial charge in [0.25, 0.3) is 17.7 Å². The van der Waals surface area contributed by atoms with Crippen molar-refractivity contribution in [2.45, 2.75) is 19.8 Å². The molecule has 0 bridgehead atoms. The van der Waals surface area contributed by atoms with Crippen molar-refractivity contribution in [3.8, 4) is 0 Å². The summed E-state index contributed by atoms with van der Waals surface area (Å²) in [6.45, 7) is 2.55. The van der Waals surface area contributed by atoms with E-state index in [9.17, 15) is 19.2 Å². The smallest absolute Gasteiger partial charge is 0.326 e. The molecule has 0 spiro atoms. The molecule has 1 saturated heterocycles. The lowest BCUT2D eigenvalue weighted by Gasteiger charge is -2.30. The van der Waals surface area contributed by atoms with Crippen LogP contribution in [-0.2, 0) is 14.3 Å². The van der Waals surface area contributed by atoms with Gasteiger partial charge < -0.3 is 9.64 Å². The number of ether oxygens (including phenoxy) is 1. The molecule has 2 aliphatic heterocycles. The molecule has 132 valence electrons. The molecule has 0 radical (unpaired) electrons. The van der Waals surface area contributed by atoms with Gasteiger partial charge in [-0.2, -0.15) is 0 Å². The highest BCUT2D eigenvalue weighted by molar-refractivity contribution is 6.22. The third kappa shape index (κ3) is 3.55. The van der Waals surface area contributed by atoms with Crippen LogP contribution in [0.2, 0.25) is 0 Å². The van der Waals surface area contributed by atoms with Crippen molar-refractivity contribution in [2.75, 3.05) is 26.2 Å². The number of imide groups is 1. The summed E-state index contributed by atoms with van der Waals surface area (Å²) < 4.78 is 4.97. The predicted molar refractivity (Wildman–Crippen MR) is 87.7 cm³/mol. The SMILES string of the molecule is C[C@H]1CCCN(C(=O)COC(=O)CN2C(=O)c3ccccc3C2=O)C1. The fourth-order valence-corrected chi connectivity index (χ4v) is 3.21. The number of hydrogen-bond acceptors (Lipinski definition) is 5. The molecule has 0 unspecified atom stereocenters.